The minimum Gasteiger partial charge on any atom is -0.369 e. The van der Waals surface area contributed by atoms with Crippen molar-refractivity contribution >= 4 is 22.6 Å². The monoisotopic (exact) mass is 346 g/mol. The molecule has 0 spiro atoms. The number of primary amides is 1. The fraction of sp³-hybridized carbons (Fsp3) is 0.182. The lowest BCUT2D eigenvalue weighted by Crippen LogP contribution is -2.40. The lowest BCUT2D eigenvalue weighted by Gasteiger charge is -2.22. The fourth-order valence-electron chi connectivity index (χ4n) is 3.11. The van der Waals surface area contributed by atoms with Gasteiger partial charge in [-0.1, -0.05) is 72.8 Å². The zero-order chi connectivity index (χ0) is 18.5. The molecule has 2 amide bonds. The number of amides is 2. The van der Waals surface area contributed by atoms with Crippen LogP contribution in [0.15, 0.2) is 72.8 Å². The number of benzene rings is 3. The Morgan fingerprint density at radius 2 is 1.54 bits per heavy atom. The van der Waals surface area contributed by atoms with Crippen molar-refractivity contribution in [1.29, 1.82) is 0 Å². The van der Waals surface area contributed by atoms with Crippen LogP contribution in [-0.4, -0.2) is 23.8 Å². The maximum Gasteiger partial charge on any atom is 0.235 e. The fourth-order valence-corrected chi connectivity index (χ4v) is 3.11. The summed E-state index contributed by atoms with van der Waals surface area (Å²) in [6, 6.07) is 23.6. The lowest BCUT2D eigenvalue weighted by molar-refractivity contribution is -0.140. The standard InChI is InChI=1S/C22H22N2O2/c1-24(15-16-7-3-2-4-8-16)22(26)20(21(23)25)14-17-11-12-18-9-5-6-10-19(18)13-17/h2-13,20H,14-15H2,1H3,(H2,23,25)/t20-/m0/s1. The van der Waals surface area contributed by atoms with Gasteiger partial charge in [0.2, 0.25) is 11.8 Å². The van der Waals surface area contributed by atoms with Gasteiger partial charge in [0, 0.05) is 13.6 Å². The summed E-state index contributed by atoms with van der Waals surface area (Å²) in [5.41, 5.74) is 7.48. The van der Waals surface area contributed by atoms with Gasteiger partial charge in [-0.2, -0.15) is 0 Å². The molecule has 3 rings (SSSR count). The molecular weight excluding hydrogens is 324 g/mol. The van der Waals surface area contributed by atoms with Crippen molar-refractivity contribution in [3.8, 4) is 0 Å². The minimum atomic E-state index is -0.870. The maximum atomic E-state index is 12.8. The van der Waals surface area contributed by atoms with Crippen LogP contribution >= 0.6 is 0 Å². The molecule has 0 aromatic heterocycles. The number of rotatable bonds is 6. The van der Waals surface area contributed by atoms with Crippen LogP contribution in [0.4, 0.5) is 0 Å². The van der Waals surface area contributed by atoms with E-state index in [9.17, 15) is 9.59 Å². The zero-order valence-electron chi connectivity index (χ0n) is 14.8. The van der Waals surface area contributed by atoms with Gasteiger partial charge in [-0.15, -0.1) is 0 Å². The van der Waals surface area contributed by atoms with E-state index in [-0.39, 0.29) is 5.91 Å². The second-order valence-corrected chi connectivity index (χ2v) is 6.52. The minimum absolute atomic E-state index is 0.255. The summed E-state index contributed by atoms with van der Waals surface area (Å²) in [6.07, 6.45) is 0.304. The summed E-state index contributed by atoms with van der Waals surface area (Å²) in [6.45, 7) is 0.446. The Kier molecular flexibility index (Phi) is 5.32. The molecule has 0 unspecified atom stereocenters. The first-order valence-electron chi connectivity index (χ1n) is 8.60. The lowest BCUT2D eigenvalue weighted by atomic mass is 9.95. The van der Waals surface area contributed by atoms with Crippen LogP contribution in [0.3, 0.4) is 0 Å². The molecule has 3 aromatic carbocycles. The Morgan fingerprint density at radius 1 is 0.885 bits per heavy atom. The van der Waals surface area contributed by atoms with Crippen molar-refractivity contribution < 1.29 is 9.59 Å². The molecule has 0 aliphatic heterocycles. The van der Waals surface area contributed by atoms with E-state index < -0.39 is 11.8 Å². The van der Waals surface area contributed by atoms with Crippen LogP contribution in [0.1, 0.15) is 11.1 Å². The third-order valence-electron chi connectivity index (χ3n) is 4.53. The summed E-state index contributed by atoms with van der Waals surface area (Å²) in [5, 5.41) is 2.21. The summed E-state index contributed by atoms with van der Waals surface area (Å²) in [4.78, 5) is 26.3. The van der Waals surface area contributed by atoms with Crippen molar-refractivity contribution in [2.75, 3.05) is 7.05 Å². The predicted molar refractivity (Wildman–Crippen MR) is 103 cm³/mol. The van der Waals surface area contributed by atoms with Gasteiger partial charge < -0.3 is 10.6 Å². The van der Waals surface area contributed by atoms with E-state index in [1.807, 2.05) is 72.8 Å². The quantitative estimate of drug-likeness (QED) is 0.697. The van der Waals surface area contributed by atoms with E-state index in [1.54, 1.807) is 11.9 Å². The summed E-state index contributed by atoms with van der Waals surface area (Å²) in [5.74, 6) is -1.72. The van der Waals surface area contributed by atoms with Gasteiger partial charge in [-0.25, -0.2) is 0 Å². The van der Waals surface area contributed by atoms with Crippen molar-refractivity contribution in [2.24, 2.45) is 11.7 Å². The number of nitrogens with zero attached hydrogens (tertiary/aromatic N) is 1. The Balaban J connectivity index is 1.77. The number of hydrogen-bond donors (Lipinski definition) is 1. The third kappa shape index (κ3) is 4.09. The molecule has 0 aliphatic carbocycles. The van der Waals surface area contributed by atoms with Crippen LogP contribution in [0.5, 0.6) is 0 Å². The number of fused-ring (bicyclic) bond motifs is 1. The van der Waals surface area contributed by atoms with E-state index in [0.29, 0.717) is 13.0 Å². The number of hydrogen-bond acceptors (Lipinski definition) is 2. The van der Waals surface area contributed by atoms with Gasteiger partial charge in [0.15, 0.2) is 0 Å². The molecule has 4 heteroatoms. The number of nitrogens with two attached hydrogens (primary N) is 1. The highest BCUT2D eigenvalue weighted by molar-refractivity contribution is 5.99. The topological polar surface area (TPSA) is 63.4 Å². The summed E-state index contributed by atoms with van der Waals surface area (Å²) < 4.78 is 0. The zero-order valence-corrected chi connectivity index (χ0v) is 14.8. The highest BCUT2D eigenvalue weighted by Gasteiger charge is 2.27. The molecule has 0 saturated carbocycles. The maximum absolute atomic E-state index is 12.8. The molecule has 26 heavy (non-hydrogen) atoms. The van der Waals surface area contributed by atoms with E-state index in [0.717, 1.165) is 21.9 Å². The van der Waals surface area contributed by atoms with Crippen LogP contribution in [0.2, 0.25) is 0 Å². The van der Waals surface area contributed by atoms with Gasteiger partial charge in [0.25, 0.3) is 0 Å². The van der Waals surface area contributed by atoms with Crippen LogP contribution < -0.4 is 5.73 Å². The largest absolute Gasteiger partial charge is 0.369 e. The smallest absolute Gasteiger partial charge is 0.235 e. The van der Waals surface area contributed by atoms with Crippen molar-refractivity contribution in [3.05, 3.63) is 83.9 Å². The van der Waals surface area contributed by atoms with E-state index in [1.165, 1.54) is 0 Å². The molecule has 0 radical (unpaired) electrons. The average Bonchev–Trinajstić information content (AvgIpc) is 2.66. The van der Waals surface area contributed by atoms with Gasteiger partial charge in [0.05, 0.1) is 0 Å². The number of carbonyl (C=O) groups is 2. The predicted octanol–water partition coefficient (Wildman–Crippen LogP) is 3.14. The average molecular weight is 346 g/mol. The Morgan fingerprint density at radius 3 is 2.23 bits per heavy atom. The van der Waals surface area contributed by atoms with Crippen molar-refractivity contribution in [2.45, 2.75) is 13.0 Å². The van der Waals surface area contributed by atoms with Crippen molar-refractivity contribution in [1.82, 2.24) is 4.90 Å². The van der Waals surface area contributed by atoms with Gasteiger partial charge in [-0.3, -0.25) is 9.59 Å². The Labute approximate surface area is 153 Å². The molecule has 1 atom stereocenters. The number of carbonyl (C=O) groups excluding carboxylic acids is 2. The SMILES string of the molecule is CN(Cc1ccccc1)C(=O)[C@@H](Cc1ccc2ccccc2c1)C(N)=O. The summed E-state index contributed by atoms with van der Waals surface area (Å²) in [7, 11) is 1.70. The van der Waals surface area contributed by atoms with Crippen molar-refractivity contribution in [3.63, 3.8) is 0 Å². The molecule has 0 fully saturated rings. The Hall–Kier alpha value is -3.14. The molecule has 0 saturated heterocycles. The van der Waals surface area contributed by atoms with Crippen LogP contribution in [0.25, 0.3) is 10.8 Å². The molecule has 3 aromatic rings. The van der Waals surface area contributed by atoms with Gasteiger partial charge in [-0.05, 0) is 28.3 Å². The first-order chi connectivity index (χ1) is 12.5. The highest BCUT2D eigenvalue weighted by atomic mass is 16.2. The third-order valence-corrected chi connectivity index (χ3v) is 4.53. The first kappa shape index (κ1) is 17.7. The van der Waals surface area contributed by atoms with Gasteiger partial charge >= 0.3 is 0 Å². The molecule has 0 heterocycles. The Bertz CT molecular complexity index is 922. The van der Waals surface area contributed by atoms with Crippen LogP contribution in [-0.2, 0) is 22.6 Å². The normalized spacial score (nSPS) is 11.9. The van der Waals surface area contributed by atoms with E-state index in [2.05, 4.69) is 0 Å². The first-order valence-corrected chi connectivity index (χ1v) is 8.60. The highest BCUT2D eigenvalue weighted by Crippen LogP contribution is 2.19. The van der Waals surface area contributed by atoms with Crippen LogP contribution in [0, 0.1) is 5.92 Å². The molecule has 0 bridgehead atoms. The van der Waals surface area contributed by atoms with E-state index >= 15 is 0 Å². The molecular formula is C22H22N2O2. The molecule has 132 valence electrons. The van der Waals surface area contributed by atoms with Gasteiger partial charge in [0.1, 0.15) is 5.92 Å². The molecule has 0 aliphatic rings. The summed E-state index contributed by atoms with van der Waals surface area (Å²) >= 11 is 0. The van der Waals surface area contributed by atoms with E-state index in [4.69, 9.17) is 5.73 Å². The second-order valence-electron chi connectivity index (χ2n) is 6.52. The molecule has 2 N–H and O–H groups in total. The second kappa shape index (κ2) is 7.83. The molecule has 4 nitrogen and oxygen atoms in total.